The fourth-order valence-corrected chi connectivity index (χ4v) is 2.54. The van der Waals surface area contributed by atoms with E-state index in [0.717, 1.165) is 22.6 Å². The second-order valence-corrected chi connectivity index (χ2v) is 5.94. The molecule has 0 aliphatic rings. The van der Waals surface area contributed by atoms with Gasteiger partial charge in [-0.3, -0.25) is 4.79 Å². The second kappa shape index (κ2) is 7.69. The van der Waals surface area contributed by atoms with Gasteiger partial charge in [0.05, 0.1) is 7.11 Å². The molecule has 0 saturated heterocycles. The predicted octanol–water partition coefficient (Wildman–Crippen LogP) is 3.10. The molecule has 0 fully saturated rings. The Hall–Kier alpha value is -3.35. The van der Waals surface area contributed by atoms with Crippen molar-refractivity contribution in [2.24, 2.45) is 0 Å². The van der Waals surface area contributed by atoms with Crippen LogP contribution in [0.4, 0.5) is 11.5 Å². The minimum absolute atomic E-state index is 0.207. The number of aromatic nitrogens is 3. The van der Waals surface area contributed by atoms with Crippen molar-refractivity contribution in [2.45, 2.75) is 20.4 Å². The van der Waals surface area contributed by atoms with Gasteiger partial charge in [0.15, 0.2) is 11.5 Å². The summed E-state index contributed by atoms with van der Waals surface area (Å²) < 4.78 is 5.29. The number of carbonyl (C=O) groups is 1. The summed E-state index contributed by atoms with van der Waals surface area (Å²) in [6.07, 6.45) is 0. The lowest BCUT2D eigenvalue weighted by Crippen LogP contribution is -2.24. The first-order valence-corrected chi connectivity index (χ1v) is 8.23. The number of benzene rings is 2. The van der Waals surface area contributed by atoms with Crippen LogP contribution in [0.15, 0.2) is 42.5 Å². The number of nitrogens with zero attached hydrogens (tertiary/aromatic N) is 2. The van der Waals surface area contributed by atoms with Crippen molar-refractivity contribution in [3.05, 3.63) is 64.8 Å². The van der Waals surface area contributed by atoms with E-state index < -0.39 is 0 Å². The van der Waals surface area contributed by atoms with Crippen LogP contribution in [-0.4, -0.2) is 28.4 Å². The van der Waals surface area contributed by atoms with Crippen LogP contribution in [0, 0.1) is 13.8 Å². The van der Waals surface area contributed by atoms with Gasteiger partial charge in [0.25, 0.3) is 5.91 Å². The number of ether oxygens (including phenoxy) is 1. The maximum Gasteiger partial charge on any atom is 0.275 e. The predicted molar refractivity (Wildman–Crippen MR) is 99.7 cm³/mol. The summed E-state index contributed by atoms with van der Waals surface area (Å²) in [7, 11) is 1.60. The fourth-order valence-electron chi connectivity index (χ4n) is 2.54. The molecule has 0 radical (unpaired) electrons. The Bertz CT molecular complexity index is 920. The zero-order valence-electron chi connectivity index (χ0n) is 15.0. The van der Waals surface area contributed by atoms with Crippen LogP contribution < -0.4 is 15.4 Å². The number of para-hydroxylation sites is 1. The maximum absolute atomic E-state index is 12.5. The van der Waals surface area contributed by atoms with Gasteiger partial charge < -0.3 is 15.4 Å². The molecule has 0 unspecified atom stereocenters. The van der Waals surface area contributed by atoms with E-state index in [0.29, 0.717) is 12.4 Å². The number of aromatic amines is 1. The number of nitrogens with one attached hydrogen (secondary N) is 3. The third-order valence-corrected chi connectivity index (χ3v) is 4.16. The van der Waals surface area contributed by atoms with Gasteiger partial charge in [0, 0.05) is 17.8 Å². The highest BCUT2D eigenvalue weighted by atomic mass is 16.5. The Kier molecular flexibility index (Phi) is 5.17. The summed E-state index contributed by atoms with van der Waals surface area (Å²) >= 11 is 0. The molecule has 3 N–H and O–H groups in total. The summed E-state index contributed by atoms with van der Waals surface area (Å²) in [5.74, 6) is 0.781. The van der Waals surface area contributed by atoms with Gasteiger partial charge in [0.1, 0.15) is 5.75 Å². The number of amides is 1. The number of aryl methyl sites for hydroxylation is 2. The lowest BCUT2D eigenvalue weighted by Gasteiger charge is -2.10. The highest BCUT2D eigenvalue weighted by molar-refractivity contribution is 5.97. The minimum Gasteiger partial charge on any atom is -0.496 e. The molecular formula is C19H21N5O2. The van der Waals surface area contributed by atoms with Crippen molar-refractivity contribution in [3.8, 4) is 5.75 Å². The van der Waals surface area contributed by atoms with E-state index in [9.17, 15) is 4.79 Å². The fraction of sp³-hybridized carbons (Fsp3) is 0.211. The Morgan fingerprint density at radius 3 is 2.69 bits per heavy atom. The van der Waals surface area contributed by atoms with Crippen LogP contribution in [0.25, 0.3) is 0 Å². The standard InChI is InChI=1S/C19H21N5O2/c1-12-8-9-15(10-13(12)2)21-18-17(22-24-23-18)19(25)20-11-14-6-4-5-7-16(14)26-3/h4-10H,11H2,1-3H3,(H,20,25)(H2,21,22,23,24). The molecule has 0 spiro atoms. The highest BCUT2D eigenvalue weighted by Crippen LogP contribution is 2.20. The topological polar surface area (TPSA) is 91.9 Å². The van der Waals surface area contributed by atoms with Gasteiger partial charge in [-0.15, -0.1) is 10.2 Å². The van der Waals surface area contributed by atoms with Gasteiger partial charge in [-0.25, -0.2) is 0 Å². The number of hydrogen-bond acceptors (Lipinski definition) is 5. The summed E-state index contributed by atoms with van der Waals surface area (Å²) in [6.45, 7) is 4.41. The molecule has 1 heterocycles. The molecular weight excluding hydrogens is 330 g/mol. The van der Waals surface area contributed by atoms with Crippen molar-refractivity contribution in [1.29, 1.82) is 0 Å². The molecule has 3 aromatic rings. The first-order valence-electron chi connectivity index (χ1n) is 8.23. The minimum atomic E-state index is -0.323. The number of H-pyrrole nitrogens is 1. The lowest BCUT2D eigenvalue weighted by molar-refractivity contribution is 0.0946. The SMILES string of the molecule is COc1ccccc1CNC(=O)c1n[nH]nc1Nc1ccc(C)c(C)c1. The molecule has 0 saturated carbocycles. The van der Waals surface area contributed by atoms with Crippen molar-refractivity contribution < 1.29 is 9.53 Å². The first kappa shape index (κ1) is 17.5. The molecule has 7 heteroatoms. The lowest BCUT2D eigenvalue weighted by atomic mass is 10.1. The second-order valence-electron chi connectivity index (χ2n) is 5.94. The van der Waals surface area contributed by atoms with Gasteiger partial charge in [-0.1, -0.05) is 24.3 Å². The van der Waals surface area contributed by atoms with Crippen molar-refractivity contribution in [1.82, 2.24) is 20.7 Å². The zero-order valence-corrected chi connectivity index (χ0v) is 15.0. The Labute approximate surface area is 151 Å². The van der Waals surface area contributed by atoms with E-state index in [2.05, 4.69) is 26.0 Å². The number of methoxy groups -OCH3 is 1. The van der Waals surface area contributed by atoms with Crippen LogP contribution in [0.3, 0.4) is 0 Å². The van der Waals surface area contributed by atoms with Gasteiger partial charge in [-0.05, 0) is 43.2 Å². The molecule has 3 rings (SSSR count). The molecule has 0 bridgehead atoms. The molecule has 2 aromatic carbocycles. The summed E-state index contributed by atoms with van der Waals surface area (Å²) in [5, 5.41) is 16.5. The van der Waals surface area contributed by atoms with E-state index in [1.807, 2.05) is 56.3 Å². The van der Waals surface area contributed by atoms with Gasteiger partial charge in [0.2, 0.25) is 0 Å². The Morgan fingerprint density at radius 2 is 1.92 bits per heavy atom. The Morgan fingerprint density at radius 1 is 1.12 bits per heavy atom. The molecule has 134 valence electrons. The van der Waals surface area contributed by atoms with Crippen LogP contribution in [0.1, 0.15) is 27.2 Å². The normalized spacial score (nSPS) is 10.4. The van der Waals surface area contributed by atoms with E-state index in [1.165, 1.54) is 5.56 Å². The largest absolute Gasteiger partial charge is 0.496 e. The van der Waals surface area contributed by atoms with Crippen LogP contribution in [0.5, 0.6) is 5.75 Å². The third kappa shape index (κ3) is 3.83. The maximum atomic E-state index is 12.5. The number of anilines is 2. The quantitative estimate of drug-likeness (QED) is 0.635. The highest BCUT2D eigenvalue weighted by Gasteiger charge is 2.17. The van der Waals surface area contributed by atoms with Gasteiger partial charge in [-0.2, -0.15) is 5.21 Å². The number of carbonyl (C=O) groups excluding carboxylic acids is 1. The van der Waals surface area contributed by atoms with Crippen molar-refractivity contribution >= 4 is 17.4 Å². The van der Waals surface area contributed by atoms with Gasteiger partial charge >= 0.3 is 0 Å². The third-order valence-electron chi connectivity index (χ3n) is 4.16. The summed E-state index contributed by atoms with van der Waals surface area (Å²) in [6, 6.07) is 13.5. The summed E-state index contributed by atoms with van der Waals surface area (Å²) in [5.41, 5.74) is 4.29. The van der Waals surface area contributed by atoms with E-state index in [4.69, 9.17) is 4.74 Å². The molecule has 0 aliphatic carbocycles. The number of hydrogen-bond donors (Lipinski definition) is 3. The van der Waals surface area contributed by atoms with Crippen LogP contribution in [-0.2, 0) is 6.54 Å². The van der Waals surface area contributed by atoms with Crippen LogP contribution in [0.2, 0.25) is 0 Å². The molecule has 26 heavy (non-hydrogen) atoms. The molecule has 0 aliphatic heterocycles. The number of rotatable bonds is 6. The van der Waals surface area contributed by atoms with E-state index in [-0.39, 0.29) is 11.6 Å². The average Bonchev–Trinajstić information content (AvgIpc) is 3.11. The molecule has 1 aromatic heterocycles. The molecule has 0 atom stereocenters. The Balaban J connectivity index is 1.71. The summed E-state index contributed by atoms with van der Waals surface area (Å²) in [4.78, 5) is 12.5. The van der Waals surface area contributed by atoms with Crippen molar-refractivity contribution in [3.63, 3.8) is 0 Å². The van der Waals surface area contributed by atoms with Crippen molar-refractivity contribution in [2.75, 3.05) is 12.4 Å². The smallest absolute Gasteiger partial charge is 0.275 e. The molecule has 7 nitrogen and oxygen atoms in total. The van der Waals surface area contributed by atoms with E-state index >= 15 is 0 Å². The molecule has 1 amide bonds. The monoisotopic (exact) mass is 351 g/mol. The van der Waals surface area contributed by atoms with Crippen LogP contribution >= 0.6 is 0 Å². The average molecular weight is 351 g/mol. The zero-order chi connectivity index (χ0) is 18.5. The first-order chi connectivity index (χ1) is 12.6. The van der Waals surface area contributed by atoms with E-state index in [1.54, 1.807) is 7.11 Å².